The van der Waals surface area contributed by atoms with Gasteiger partial charge in [0.1, 0.15) is 0 Å². The third kappa shape index (κ3) is 3.73. The number of carbonyl (C=O) groups excluding carboxylic acids is 1. The maximum absolute atomic E-state index is 12.7. The molecule has 0 spiro atoms. The predicted octanol–water partition coefficient (Wildman–Crippen LogP) is 1.99. The summed E-state index contributed by atoms with van der Waals surface area (Å²) in [6.45, 7) is 0.486. The van der Waals surface area contributed by atoms with E-state index in [1.165, 1.54) is 10.5 Å². The molecule has 2 aromatic rings. The van der Waals surface area contributed by atoms with Gasteiger partial charge in [-0.1, -0.05) is 30.3 Å². The molecule has 0 bridgehead atoms. The van der Waals surface area contributed by atoms with Crippen LogP contribution in [0.3, 0.4) is 0 Å². The number of hydrogen-bond donors (Lipinski definition) is 0. The van der Waals surface area contributed by atoms with Crippen LogP contribution < -0.4 is 0 Å². The van der Waals surface area contributed by atoms with E-state index in [-0.39, 0.29) is 24.0 Å². The summed E-state index contributed by atoms with van der Waals surface area (Å²) < 4.78 is 28.5. The SMILES string of the molecule is Cn1cc(C(=O)C[C@H]2CCCN2S(=O)(=O)Cc2ccccc2)cn1. The summed E-state index contributed by atoms with van der Waals surface area (Å²) in [4.78, 5) is 12.4. The summed E-state index contributed by atoms with van der Waals surface area (Å²) >= 11 is 0. The van der Waals surface area contributed by atoms with Crippen molar-refractivity contribution in [3.05, 3.63) is 53.9 Å². The van der Waals surface area contributed by atoms with Gasteiger partial charge in [-0.15, -0.1) is 0 Å². The Morgan fingerprint density at radius 1 is 1.29 bits per heavy atom. The number of aromatic nitrogens is 2. The van der Waals surface area contributed by atoms with E-state index in [0.717, 1.165) is 18.4 Å². The minimum Gasteiger partial charge on any atom is -0.294 e. The zero-order valence-electron chi connectivity index (χ0n) is 13.6. The summed E-state index contributed by atoms with van der Waals surface area (Å²) in [6, 6.07) is 8.89. The second-order valence-electron chi connectivity index (χ2n) is 6.18. The molecule has 0 N–H and O–H groups in total. The smallest absolute Gasteiger partial charge is 0.218 e. The van der Waals surface area contributed by atoms with Crippen molar-refractivity contribution in [1.82, 2.24) is 14.1 Å². The lowest BCUT2D eigenvalue weighted by atomic mass is 10.1. The maximum atomic E-state index is 12.7. The van der Waals surface area contributed by atoms with E-state index in [1.807, 2.05) is 30.3 Å². The highest BCUT2D eigenvalue weighted by Crippen LogP contribution is 2.26. The normalized spacial score (nSPS) is 18.8. The van der Waals surface area contributed by atoms with E-state index >= 15 is 0 Å². The molecule has 1 fully saturated rings. The first-order chi connectivity index (χ1) is 11.5. The molecule has 1 aromatic carbocycles. The Kier molecular flexibility index (Phi) is 4.82. The highest BCUT2D eigenvalue weighted by molar-refractivity contribution is 7.88. The van der Waals surface area contributed by atoms with Crippen LogP contribution >= 0.6 is 0 Å². The Morgan fingerprint density at radius 3 is 2.71 bits per heavy atom. The van der Waals surface area contributed by atoms with E-state index in [2.05, 4.69) is 5.10 Å². The van der Waals surface area contributed by atoms with E-state index in [0.29, 0.717) is 12.1 Å². The first-order valence-corrected chi connectivity index (χ1v) is 9.62. The third-order valence-corrected chi connectivity index (χ3v) is 6.21. The zero-order valence-corrected chi connectivity index (χ0v) is 14.4. The van der Waals surface area contributed by atoms with Crippen molar-refractivity contribution in [2.24, 2.45) is 7.05 Å². The standard InChI is InChI=1S/C17H21N3O3S/c1-19-12-15(11-18-19)17(21)10-16-8-5-9-20(16)24(22,23)13-14-6-3-2-4-7-14/h2-4,6-7,11-12,16H,5,8-10,13H2,1H3/t16-/m1/s1. The van der Waals surface area contributed by atoms with Crippen molar-refractivity contribution in [2.75, 3.05) is 6.54 Å². The monoisotopic (exact) mass is 347 g/mol. The molecule has 0 radical (unpaired) electrons. The van der Waals surface area contributed by atoms with Gasteiger partial charge in [-0.3, -0.25) is 9.48 Å². The van der Waals surface area contributed by atoms with Crippen molar-refractivity contribution in [3.63, 3.8) is 0 Å². The van der Waals surface area contributed by atoms with Gasteiger partial charge in [-0.2, -0.15) is 9.40 Å². The van der Waals surface area contributed by atoms with Crippen LogP contribution in [0.25, 0.3) is 0 Å². The van der Waals surface area contributed by atoms with Crippen molar-refractivity contribution < 1.29 is 13.2 Å². The fourth-order valence-corrected chi connectivity index (χ4v) is 4.97. The first kappa shape index (κ1) is 16.9. The van der Waals surface area contributed by atoms with E-state index in [1.54, 1.807) is 17.9 Å². The number of sulfonamides is 1. The first-order valence-electron chi connectivity index (χ1n) is 8.01. The van der Waals surface area contributed by atoms with Crippen LogP contribution in [0.4, 0.5) is 0 Å². The van der Waals surface area contributed by atoms with Crippen LogP contribution in [0.1, 0.15) is 35.2 Å². The van der Waals surface area contributed by atoms with Crippen molar-refractivity contribution in [3.8, 4) is 0 Å². The lowest BCUT2D eigenvalue weighted by Crippen LogP contribution is -2.37. The minimum absolute atomic E-state index is 0.0224. The van der Waals surface area contributed by atoms with Crippen LogP contribution in [0.5, 0.6) is 0 Å². The number of carbonyl (C=O) groups is 1. The van der Waals surface area contributed by atoms with Crippen LogP contribution in [0.2, 0.25) is 0 Å². The van der Waals surface area contributed by atoms with Gasteiger partial charge in [0.2, 0.25) is 10.0 Å². The molecule has 24 heavy (non-hydrogen) atoms. The summed E-state index contributed by atoms with van der Waals surface area (Å²) in [6.07, 6.45) is 4.92. The topological polar surface area (TPSA) is 72.3 Å². The highest BCUT2D eigenvalue weighted by Gasteiger charge is 2.35. The lowest BCUT2D eigenvalue weighted by molar-refractivity contribution is 0.0961. The number of Topliss-reactive ketones (excluding diaryl/α,β-unsaturated/α-hetero) is 1. The van der Waals surface area contributed by atoms with E-state index in [4.69, 9.17) is 0 Å². The van der Waals surface area contributed by atoms with Crippen LogP contribution in [0, 0.1) is 0 Å². The maximum Gasteiger partial charge on any atom is 0.218 e. The van der Waals surface area contributed by atoms with Gasteiger partial charge in [-0.25, -0.2) is 8.42 Å². The lowest BCUT2D eigenvalue weighted by Gasteiger charge is -2.23. The average Bonchev–Trinajstić information content (AvgIpc) is 3.17. The molecular weight excluding hydrogens is 326 g/mol. The number of hydrogen-bond acceptors (Lipinski definition) is 4. The minimum atomic E-state index is -3.42. The van der Waals surface area contributed by atoms with Gasteiger partial charge < -0.3 is 0 Å². The molecule has 0 unspecified atom stereocenters. The number of ketones is 1. The van der Waals surface area contributed by atoms with Crippen molar-refractivity contribution in [2.45, 2.75) is 31.1 Å². The van der Waals surface area contributed by atoms with Gasteiger partial charge in [0, 0.05) is 32.3 Å². The van der Waals surface area contributed by atoms with Gasteiger partial charge in [0.05, 0.1) is 17.5 Å². The molecule has 1 atom stereocenters. The third-order valence-electron chi connectivity index (χ3n) is 4.32. The molecule has 0 saturated carbocycles. The summed E-state index contributed by atoms with van der Waals surface area (Å²) in [5.41, 5.74) is 1.30. The van der Waals surface area contributed by atoms with E-state index < -0.39 is 10.0 Å². The van der Waals surface area contributed by atoms with E-state index in [9.17, 15) is 13.2 Å². The molecule has 0 aliphatic carbocycles. The van der Waals surface area contributed by atoms with Gasteiger partial charge in [0.15, 0.2) is 5.78 Å². The highest BCUT2D eigenvalue weighted by atomic mass is 32.2. The largest absolute Gasteiger partial charge is 0.294 e. The molecule has 7 heteroatoms. The average molecular weight is 347 g/mol. The molecule has 2 heterocycles. The Bertz CT molecular complexity index is 815. The Labute approximate surface area is 142 Å². The zero-order chi connectivity index (χ0) is 17.2. The molecule has 6 nitrogen and oxygen atoms in total. The van der Waals surface area contributed by atoms with Crippen molar-refractivity contribution in [1.29, 1.82) is 0 Å². The molecule has 1 aliphatic heterocycles. The van der Waals surface area contributed by atoms with Crippen LogP contribution in [0.15, 0.2) is 42.7 Å². The number of benzene rings is 1. The Hall–Kier alpha value is -1.99. The molecule has 1 aromatic heterocycles. The number of aryl methyl sites for hydroxylation is 1. The molecule has 0 amide bonds. The molecule has 3 rings (SSSR count). The van der Waals surface area contributed by atoms with Gasteiger partial charge >= 0.3 is 0 Å². The summed E-state index contributed by atoms with van der Waals surface area (Å²) in [7, 11) is -1.67. The van der Waals surface area contributed by atoms with Gasteiger partial charge in [0.25, 0.3) is 0 Å². The van der Waals surface area contributed by atoms with Crippen LogP contribution in [-0.4, -0.2) is 40.9 Å². The molecule has 1 saturated heterocycles. The molecular formula is C17H21N3O3S. The second-order valence-corrected chi connectivity index (χ2v) is 8.10. The molecule has 128 valence electrons. The number of rotatable bonds is 6. The number of nitrogens with zero attached hydrogens (tertiary/aromatic N) is 3. The van der Waals surface area contributed by atoms with Crippen molar-refractivity contribution >= 4 is 15.8 Å². The second kappa shape index (κ2) is 6.86. The molecule has 1 aliphatic rings. The summed E-state index contributed by atoms with van der Waals surface area (Å²) in [5, 5.41) is 4.00. The Morgan fingerprint density at radius 2 is 2.04 bits per heavy atom. The summed E-state index contributed by atoms with van der Waals surface area (Å²) in [5.74, 6) is -0.0827. The quantitative estimate of drug-likeness (QED) is 0.749. The Balaban J connectivity index is 1.71. The van der Waals surface area contributed by atoms with Crippen LogP contribution in [-0.2, 0) is 22.8 Å². The van der Waals surface area contributed by atoms with Gasteiger partial charge in [-0.05, 0) is 18.4 Å². The fourth-order valence-electron chi connectivity index (χ4n) is 3.14. The predicted molar refractivity (Wildman–Crippen MR) is 90.9 cm³/mol. The fraction of sp³-hybridized carbons (Fsp3) is 0.412.